The van der Waals surface area contributed by atoms with Crippen LogP contribution in [0.25, 0.3) is 0 Å². The Morgan fingerprint density at radius 1 is 1.42 bits per heavy atom. The molecule has 0 bridgehead atoms. The zero-order chi connectivity index (χ0) is 15.2. The number of halogens is 2. The van der Waals surface area contributed by atoms with Gasteiger partial charge in [0.1, 0.15) is 6.10 Å². The van der Waals surface area contributed by atoms with Crippen molar-refractivity contribution in [1.82, 2.24) is 0 Å². The Bertz CT molecular complexity index is 436. The molecule has 6 nitrogen and oxygen atoms in total. The number of aliphatic carboxylic acids is 1. The van der Waals surface area contributed by atoms with E-state index in [2.05, 4.69) is 31.9 Å². The summed E-state index contributed by atoms with van der Waals surface area (Å²) in [4.78, 5) is 22.3. The second-order valence-electron chi connectivity index (χ2n) is 5.00. The van der Waals surface area contributed by atoms with E-state index >= 15 is 0 Å². The normalized spacial score (nSPS) is 28.3. The molecule has 0 aromatic rings. The first-order valence-electron chi connectivity index (χ1n) is 5.32. The molecule has 2 N–H and O–H groups in total. The molecule has 110 valence electrons. The van der Waals surface area contributed by atoms with Crippen LogP contribution < -0.4 is 0 Å². The Kier molecular flexibility index (Phi) is 4.87. The lowest BCUT2D eigenvalue weighted by Gasteiger charge is -2.28. The van der Waals surface area contributed by atoms with E-state index in [9.17, 15) is 18.4 Å². The molecular weight excluding hydrogens is 408 g/mol. The van der Waals surface area contributed by atoms with Crippen LogP contribution >= 0.6 is 31.9 Å². The highest BCUT2D eigenvalue weighted by molar-refractivity contribution is 9.27. The van der Waals surface area contributed by atoms with Crippen LogP contribution in [0.1, 0.15) is 20.8 Å². The number of hydrogen-bond donors (Lipinski definition) is 2. The molecule has 0 radical (unpaired) electrons. The van der Waals surface area contributed by atoms with E-state index in [4.69, 9.17) is 9.84 Å². The van der Waals surface area contributed by atoms with Crippen LogP contribution in [0.4, 0.5) is 0 Å². The van der Waals surface area contributed by atoms with Crippen LogP contribution in [0.5, 0.6) is 0 Å². The summed E-state index contributed by atoms with van der Waals surface area (Å²) < 4.78 is 24.1. The van der Waals surface area contributed by atoms with E-state index in [1.165, 1.54) is 0 Å². The van der Waals surface area contributed by atoms with Crippen molar-refractivity contribution in [1.29, 1.82) is 0 Å². The molecule has 19 heavy (non-hydrogen) atoms. The SMILES string of the molecule is CC(=O)OC([C@H]1[C@H](C(=O)O)C1(C)C)C(Br)(Br)S(=O)O. The van der Waals surface area contributed by atoms with Gasteiger partial charge in [-0.2, -0.15) is 0 Å². The molecule has 1 fully saturated rings. The van der Waals surface area contributed by atoms with Gasteiger partial charge in [0.2, 0.25) is 2.57 Å². The van der Waals surface area contributed by atoms with Gasteiger partial charge in [-0.05, 0) is 5.41 Å². The lowest BCUT2D eigenvalue weighted by molar-refractivity contribution is -0.149. The largest absolute Gasteiger partial charge is 0.481 e. The second kappa shape index (κ2) is 5.42. The highest BCUT2D eigenvalue weighted by Gasteiger charge is 2.70. The Morgan fingerprint density at radius 3 is 2.16 bits per heavy atom. The van der Waals surface area contributed by atoms with E-state index in [1.807, 2.05) is 0 Å². The van der Waals surface area contributed by atoms with Crippen LogP contribution in [-0.4, -0.2) is 34.5 Å². The maximum absolute atomic E-state index is 11.3. The van der Waals surface area contributed by atoms with Gasteiger partial charge >= 0.3 is 11.9 Å². The molecule has 0 aromatic carbocycles. The van der Waals surface area contributed by atoms with Crippen molar-refractivity contribution in [2.24, 2.45) is 17.3 Å². The molecule has 1 aliphatic rings. The fourth-order valence-electron chi connectivity index (χ4n) is 2.34. The molecule has 4 atom stereocenters. The van der Waals surface area contributed by atoms with Crippen molar-refractivity contribution in [3.05, 3.63) is 0 Å². The van der Waals surface area contributed by atoms with Crippen LogP contribution in [0.15, 0.2) is 0 Å². The molecule has 2 unspecified atom stereocenters. The van der Waals surface area contributed by atoms with Crippen LogP contribution in [0.3, 0.4) is 0 Å². The average molecular weight is 422 g/mol. The third-order valence-corrected chi connectivity index (χ3v) is 6.62. The quantitative estimate of drug-likeness (QED) is 0.399. The van der Waals surface area contributed by atoms with E-state index in [0.29, 0.717) is 0 Å². The van der Waals surface area contributed by atoms with Gasteiger partial charge in [-0.3, -0.25) is 9.59 Å². The lowest BCUT2D eigenvalue weighted by Crippen LogP contribution is -2.41. The summed E-state index contributed by atoms with van der Waals surface area (Å²) in [5, 5.41) is 9.14. The molecule has 0 saturated heterocycles. The fourth-order valence-corrected chi connectivity index (χ4v) is 3.49. The highest BCUT2D eigenvalue weighted by atomic mass is 79.9. The summed E-state index contributed by atoms with van der Waals surface area (Å²) in [5.74, 6) is -2.98. The first-order valence-corrected chi connectivity index (χ1v) is 8.02. The summed E-state index contributed by atoms with van der Waals surface area (Å²) in [7, 11) is 0. The van der Waals surface area contributed by atoms with E-state index in [-0.39, 0.29) is 0 Å². The molecule has 0 heterocycles. The van der Waals surface area contributed by atoms with Crippen molar-refractivity contribution >= 4 is 54.9 Å². The molecule has 0 aromatic heterocycles. The summed E-state index contributed by atoms with van der Waals surface area (Å²) in [5.41, 5.74) is -0.627. The summed E-state index contributed by atoms with van der Waals surface area (Å²) >= 11 is 3.61. The third kappa shape index (κ3) is 3.20. The number of rotatable bonds is 5. The minimum atomic E-state index is -2.40. The van der Waals surface area contributed by atoms with E-state index in [1.54, 1.807) is 13.8 Å². The number of ether oxygens (including phenoxy) is 1. The number of carbonyl (C=O) groups excluding carboxylic acids is 1. The van der Waals surface area contributed by atoms with Crippen LogP contribution in [0, 0.1) is 17.3 Å². The van der Waals surface area contributed by atoms with Crippen LogP contribution in [0.2, 0.25) is 0 Å². The van der Waals surface area contributed by atoms with Crippen molar-refractivity contribution in [2.75, 3.05) is 0 Å². The molecule has 0 spiro atoms. The smallest absolute Gasteiger partial charge is 0.307 e. The molecule has 1 aliphatic carbocycles. The second-order valence-corrected chi connectivity index (χ2v) is 10.8. The molecule has 0 aliphatic heterocycles. The number of carbonyl (C=O) groups is 2. The van der Waals surface area contributed by atoms with Gasteiger partial charge < -0.3 is 14.4 Å². The monoisotopic (exact) mass is 420 g/mol. The number of hydrogen-bond acceptors (Lipinski definition) is 4. The van der Waals surface area contributed by atoms with Crippen LogP contribution in [-0.2, 0) is 25.4 Å². The van der Waals surface area contributed by atoms with Gasteiger partial charge in [-0.25, -0.2) is 4.21 Å². The standard InChI is InChI=1S/C10H14Br2O6S/c1-4(13)18-7(10(11,12)19(16)17)5-6(8(14)15)9(5,2)3/h5-7H,1-3H3,(H,14,15)(H,16,17)/t5-,6-,7?/m1/s1. The lowest BCUT2D eigenvalue weighted by atomic mass is 10.1. The van der Waals surface area contributed by atoms with Gasteiger partial charge in [-0.15, -0.1) is 0 Å². The number of carboxylic acids is 1. The van der Waals surface area contributed by atoms with E-state index < -0.39 is 48.9 Å². The molecule has 9 heteroatoms. The van der Waals surface area contributed by atoms with Crippen molar-refractivity contribution in [3.63, 3.8) is 0 Å². The van der Waals surface area contributed by atoms with E-state index in [0.717, 1.165) is 6.92 Å². The van der Waals surface area contributed by atoms with Crippen molar-refractivity contribution < 1.29 is 28.2 Å². The molecule has 0 amide bonds. The maximum Gasteiger partial charge on any atom is 0.307 e. The Hall–Kier alpha value is 0.01000. The number of esters is 1. The molecule has 1 rings (SSSR count). The predicted molar refractivity (Wildman–Crippen MR) is 75.3 cm³/mol. The molecular formula is C10H14Br2O6S. The number of carboxylic acid groups (broad SMARTS) is 1. The zero-order valence-corrected chi connectivity index (χ0v) is 14.4. The summed E-state index contributed by atoms with van der Waals surface area (Å²) in [6.45, 7) is 4.58. The summed E-state index contributed by atoms with van der Waals surface area (Å²) in [6, 6.07) is 0. The highest BCUT2D eigenvalue weighted by Crippen LogP contribution is 2.63. The minimum Gasteiger partial charge on any atom is -0.481 e. The first kappa shape index (κ1) is 17.1. The Morgan fingerprint density at radius 2 is 1.89 bits per heavy atom. The fraction of sp³-hybridized carbons (Fsp3) is 0.800. The minimum absolute atomic E-state index is 0.566. The predicted octanol–water partition coefficient (Wildman–Crippen LogP) is 1.94. The first-order chi connectivity index (χ1) is 8.44. The zero-order valence-electron chi connectivity index (χ0n) is 10.4. The Balaban J connectivity index is 3.11. The van der Waals surface area contributed by atoms with Gasteiger partial charge in [-0.1, -0.05) is 45.7 Å². The average Bonchev–Trinajstić information content (AvgIpc) is 2.76. The van der Waals surface area contributed by atoms with Crippen molar-refractivity contribution in [3.8, 4) is 0 Å². The Labute approximate surface area is 129 Å². The topological polar surface area (TPSA) is 101 Å². The van der Waals surface area contributed by atoms with Gasteiger partial charge in [0, 0.05) is 12.8 Å². The van der Waals surface area contributed by atoms with Gasteiger partial charge in [0.25, 0.3) is 0 Å². The molecule has 1 saturated carbocycles. The van der Waals surface area contributed by atoms with Crippen molar-refractivity contribution in [2.45, 2.75) is 29.4 Å². The third-order valence-electron chi connectivity index (χ3n) is 3.36. The maximum atomic E-state index is 11.3. The number of alkyl halides is 2. The summed E-state index contributed by atoms with van der Waals surface area (Å²) in [6.07, 6.45) is -1.08. The van der Waals surface area contributed by atoms with Gasteiger partial charge in [0.15, 0.2) is 11.1 Å². The van der Waals surface area contributed by atoms with Gasteiger partial charge in [0.05, 0.1) is 5.92 Å².